The van der Waals surface area contributed by atoms with Gasteiger partial charge in [0.25, 0.3) is 0 Å². The summed E-state index contributed by atoms with van der Waals surface area (Å²) in [5, 5.41) is 10.3. The molecule has 2 heterocycles. The van der Waals surface area contributed by atoms with E-state index in [0.29, 0.717) is 24.1 Å². The predicted octanol–water partition coefficient (Wildman–Crippen LogP) is 7.47. The fourth-order valence-corrected chi connectivity index (χ4v) is 7.05. The number of aliphatic carboxylic acids is 1. The van der Waals surface area contributed by atoms with Gasteiger partial charge in [-0.1, -0.05) is 44.0 Å². The third-order valence-corrected chi connectivity index (χ3v) is 9.13. The number of alkyl halides is 3. The Morgan fingerprint density at radius 1 is 1.03 bits per heavy atom. The highest BCUT2D eigenvalue weighted by Crippen LogP contribution is 2.43. The largest absolute Gasteiger partial charge is 0.490 e. The van der Waals surface area contributed by atoms with Crippen LogP contribution < -0.4 is 4.74 Å². The molecule has 0 spiro atoms. The molecule has 5 rings (SSSR count). The number of carboxylic acids is 1. The van der Waals surface area contributed by atoms with Gasteiger partial charge in [0.15, 0.2) is 0 Å². The van der Waals surface area contributed by atoms with Crippen molar-refractivity contribution < 1.29 is 27.8 Å². The summed E-state index contributed by atoms with van der Waals surface area (Å²) in [6.07, 6.45) is 5.39. The second kappa shape index (κ2) is 10.8. The fraction of sp³-hybridized carbons (Fsp3) is 0.633. The molecule has 2 aromatic carbocycles. The zero-order valence-corrected chi connectivity index (χ0v) is 21.6. The Morgan fingerprint density at radius 3 is 2.35 bits per heavy atom. The summed E-state index contributed by atoms with van der Waals surface area (Å²) >= 11 is 0. The van der Waals surface area contributed by atoms with Crippen molar-refractivity contribution in [2.45, 2.75) is 102 Å². The minimum Gasteiger partial charge on any atom is -0.490 e. The van der Waals surface area contributed by atoms with E-state index in [1.54, 1.807) is 12.1 Å². The molecule has 1 N–H and O–H groups in total. The lowest BCUT2D eigenvalue weighted by Gasteiger charge is -2.48. The third kappa shape index (κ3) is 5.76. The van der Waals surface area contributed by atoms with Crippen LogP contribution in [0, 0.1) is 11.8 Å². The minimum absolute atomic E-state index is 0.0539. The highest BCUT2D eigenvalue weighted by atomic mass is 19.4. The van der Waals surface area contributed by atoms with E-state index < -0.39 is 17.7 Å². The van der Waals surface area contributed by atoms with Gasteiger partial charge in [-0.15, -0.1) is 0 Å². The highest BCUT2D eigenvalue weighted by molar-refractivity contribution is 5.89. The second-order valence-electron chi connectivity index (χ2n) is 11.4. The van der Waals surface area contributed by atoms with Crippen LogP contribution >= 0.6 is 0 Å². The first-order valence-corrected chi connectivity index (χ1v) is 14.0. The Kier molecular flexibility index (Phi) is 7.71. The van der Waals surface area contributed by atoms with E-state index in [0.717, 1.165) is 69.9 Å². The number of ether oxygens (including phenoxy) is 1. The predicted molar refractivity (Wildman–Crippen MR) is 138 cm³/mol. The summed E-state index contributed by atoms with van der Waals surface area (Å²) < 4.78 is 48.7. The van der Waals surface area contributed by atoms with Crippen molar-refractivity contribution in [1.29, 1.82) is 0 Å². The maximum absolute atomic E-state index is 14.2. The number of hydrogen-bond acceptors (Lipinski definition) is 3. The van der Waals surface area contributed by atoms with Crippen molar-refractivity contribution in [3.05, 3.63) is 41.5 Å². The van der Waals surface area contributed by atoms with Crippen LogP contribution in [0.5, 0.6) is 5.75 Å². The van der Waals surface area contributed by atoms with Crippen LogP contribution in [0.4, 0.5) is 13.2 Å². The molecule has 3 fully saturated rings. The van der Waals surface area contributed by atoms with Crippen LogP contribution in [0.3, 0.4) is 0 Å². The van der Waals surface area contributed by atoms with Gasteiger partial charge in [0.2, 0.25) is 0 Å². The molecule has 202 valence electrons. The molecule has 1 aliphatic carbocycles. The quantitative estimate of drug-likeness (QED) is 0.414. The second-order valence-corrected chi connectivity index (χ2v) is 11.4. The van der Waals surface area contributed by atoms with Crippen LogP contribution in [0.1, 0.15) is 82.3 Å². The summed E-state index contributed by atoms with van der Waals surface area (Å²) in [4.78, 5) is 14.0. The number of hydrogen-bond donors (Lipinski definition) is 1. The first kappa shape index (κ1) is 26.3. The van der Waals surface area contributed by atoms with Gasteiger partial charge in [0.05, 0.1) is 12.0 Å². The number of halogens is 3. The van der Waals surface area contributed by atoms with Crippen LogP contribution in [0.25, 0.3) is 10.8 Å². The van der Waals surface area contributed by atoms with E-state index in [1.165, 1.54) is 6.07 Å². The van der Waals surface area contributed by atoms with Gasteiger partial charge in [-0.05, 0) is 86.1 Å². The molecule has 2 saturated heterocycles. The zero-order chi connectivity index (χ0) is 26.2. The topological polar surface area (TPSA) is 49.8 Å². The maximum Gasteiger partial charge on any atom is 0.420 e. The van der Waals surface area contributed by atoms with Crippen molar-refractivity contribution in [2.24, 2.45) is 11.8 Å². The van der Waals surface area contributed by atoms with Gasteiger partial charge in [0.1, 0.15) is 11.3 Å². The summed E-state index contributed by atoms with van der Waals surface area (Å²) in [6, 6.07) is 9.13. The minimum atomic E-state index is -4.50. The summed E-state index contributed by atoms with van der Waals surface area (Å²) in [7, 11) is 0. The average molecular weight is 518 g/mol. The maximum atomic E-state index is 14.2. The SMILES string of the molecule is CC[C@H]1CC[C@@H](Oc2ccc3cc(CCN4C5CCCC4CC(C(=O)O)C5)ccc3c2C(F)(F)F)CC1. The van der Waals surface area contributed by atoms with Gasteiger partial charge < -0.3 is 9.84 Å². The first-order chi connectivity index (χ1) is 17.7. The van der Waals surface area contributed by atoms with E-state index in [1.807, 2.05) is 12.1 Å². The van der Waals surface area contributed by atoms with Crippen molar-refractivity contribution in [1.82, 2.24) is 4.90 Å². The van der Waals surface area contributed by atoms with Crippen LogP contribution in [0.2, 0.25) is 0 Å². The molecule has 0 radical (unpaired) electrons. The summed E-state index contributed by atoms with van der Waals surface area (Å²) in [6.45, 7) is 2.97. The molecule has 2 aromatic rings. The van der Waals surface area contributed by atoms with Crippen LogP contribution in [-0.2, 0) is 17.4 Å². The molecule has 2 bridgehead atoms. The number of benzene rings is 2. The third-order valence-electron chi connectivity index (χ3n) is 9.13. The molecule has 2 unspecified atom stereocenters. The number of rotatable bonds is 7. The molecule has 3 aliphatic rings. The number of fused-ring (bicyclic) bond motifs is 3. The van der Waals surface area contributed by atoms with E-state index >= 15 is 0 Å². The molecule has 0 aromatic heterocycles. The van der Waals surface area contributed by atoms with Gasteiger partial charge in [-0.3, -0.25) is 9.69 Å². The average Bonchev–Trinajstić information content (AvgIpc) is 2.86. The molecule has 2 atom stereocenters. The van der Waals surface area contributed by atoms with Crippen molar-refractivity contribution >= 4 is 16.7 Å². The molecule has 2 aliphatic heterocycles. The lowest BCUT2D eigenvalue weighted by molar-refractivity contribution is -0.146. The van der Waals surface area contributed by atoms with E-state index in [4.69, 9.17) is 4.74 Å². The normalized spacial score (nSPS) is 28.8. The smallest absolute Gasteiger partial charge is 0.420 e. The fourth-order valence-electron chi connectivity index (χ4n) is 7.05. The van der Waals surface area contributed by atoms with Gasteiger partial charge >= 0.3 is 12.1 Å². The summed E-state index contributed by atoms with van der Waals surface area (Å²) in [5.74, 6) is -0.350. The molecular formula is C30H38F3NO3. The number of carbonyl (C=O) groups is 1. The molecule has 7 heteroatoms. The molecular weight excluding hydrogens is 479 g/mol. The Balaban J connectivity index is 1.32. The number of nitrogens with zero attached hydrogens (tertiary/aromatic N) is 1. The van der Waals surface area contributed by atoms with Crippen LogP contribution in [-0.4, -0.2) is 40.7 Å². The van der Waals surface area contributed by atoms with Crippen LogP contribution in [0.15, 0.2) is 30.3 Å². The van der Waals surface area contributed by atoms with Crippen molar-refractivity contribution in [3.8, 4) is 5.75 Å². The number of carboxylic acid groups (broad SMARTS) is 1. The van der Waals surface area contributed by atoms with Crippen molar-refractivity contribution in [3.63, 3.8) is 0 Å². The number of piperidine rings is 2. The van der Waals surface area contributed by atoms with E-state index in [9.17, 15) is 23.1 Å². The summed E-state index contributed by atoms with van der Waals surface area (Å²) in [5.41, 5.74) is 0.338. The Bertz CT molecular complexity index is 1100. The lowest BCUT2D eigenvalue weighted by atomic mass is 9.78. The molecule has 1 saturated carbocycles. The molecule has 0 amide bonds. The van der Waals surface area contributed by atoms with Gasteiger partial charge in [-0.2, -0.15) is 13.2 Å². The Hall–Kier alpha value is -2.28. The van der Waals surface area contributed by atoms with Gasteiger partial charge in [0, 0.05) is 18.6 Å². The van der Waals surface area contributed by atoms with Gasteiger partial charge in [-0.25, -0.2) is 0 Å². The Morgan fingerprint density at radius 2 is 1.73 bits per heavy atom. The first-order valence-electron chi connectivity index (χ1n) is 14.0. The monoisotopic (exact) mass is 517 g/mol. The molecule has 4 nitrogen and oxygen atoms in total. The molecule has 37 heavy (non-hydrogen) atoms. The lowest BCUT2D eigenvalue weighted by Crippen LogP contribution is -2.53. The standard InChI is InChI=1S/C30H38F3NO3/c1-2-19-6-10-25(11-7-19)37-27-13-9-21-16-20(8-12-26(21)28(27)30(31,32)33)14-15-34-23-4-3-5-24(34)18-22(17-23)29(35)36/h8-9,12-13,16,19,22-25H,2-7,10-11,14-15,17-18H2,1H3,(H,35,36)/t19-,22?,23?,24?,25+. The van der Waals surface area contributed by atoms with E-state index in [-0.39, 0.29) is 35.2 Å². The van der Waals surface area contributed by atoms with E-state index in [2.05, 4.69) is 11.8 Å². The highest BCUT2D eigenvalue weighted by Gasteiger charge is 2.40. The Labute approximate surface area is 217 Å². The zero-order valence-electron chi connectivity index (χ0n) is 21.6. The van der Waals surface area contributed by atoms with Crippen molar-refractivity contribution in [2.75, 3.05) is 6.54 Å².